The van der Waals surface area contributed by atoms with Gasteiger partial charge in [-0.15, -0.1) is 0 Å². The zero-order valence-electron chi connectivity index (χ0n) is 15.2. The molecular weight excluding hydrogens is 430 g/mol. The van der Waals surface area contributed by atoms with Crippen LogP contribution in [0.25, 0.3) is 10.9 Å². The summed E-state index contributed by atoms with van der Waals surface area (Å²) in [5.74, 6) is 0.0625. The molecule has 2 aromatic carbocycles. The molecule has 0 atom stereocenters. The molecule has 4 rings (SSSR count). The molecule has 0 amide bonds. The Kier molecular flexibility index (Phi) is 4.72. The van der Waals surface area contributed by atoms with Gasteiger partial charge in [-0.05, 0) is 23.8 Å². The molecule has 0 radical (unpaired) electrons. The van der Waals surface area contributed by atoms with E-state index in [1.54, 1.807) is 16.7 Å². The van der Waals surface area contributed by atoms with Crippen molar-refractivity contribution in [3.63, 3.8) is 0 Å². The average Bonchev–Trinajstić information content (AvgIpc) is 3.29. The molecule has 0 saturated carbocycles. The Morgan fingerprint density at radius 1 is 1.07 bits per heavy atom. The summed E-state index contributed by atoms with van der Waals surface area (Å²) in [6.07, 6.45) is 0. The van der Waals surface area contributed by atoms with Gasteiger partial charge in [0.1, 0.15) is 11.3 Å². The molecule has 28 heavy (non-hydrogen) atoms. The summed E-state index contributed by atoms with van der Waals surface area (Å²) in [6.45, 7) is 0.469. The summed E-state index contributed by atoms with van der Waals surface area (Å²) < 4.78 is 23.3. The number of esters is 2. The minimum Gasteiger partial charge on any atom is -0.465 e. The smallest absolute Gasteiger partial charge is 0.355 e. The summed E-state index contributed by atoms with van der Waals surface area (Å²) in [5, 5.41) is 0.617. The lowest BCUT2D eigenvalue weighted by Gasteiger charge is -2.12. The number of benzene rings is 2. The molecule has 0 spiro atoms. The second kappa shape index (κ2) is 7.20. The van der Waals surface area contributed by atoms with Gasteiger partial charge in [0.05, 0.1) is 14.2 Å². The van der Waals surface area contributed by atoms with E-state index in [9.17, 15) is 9.59 Å². The molecule has 0 fully saturated rings. The topological polar surface area (TPSA) is 76.0 Å². The van der Waals surface area contributed by atoms with Crippen molar-refractivity contribution in [3.8, 4) is 11.5 Å². The summed E-state index contributed by atoms with van der Waals surface area (Å²) in [6, 6.07) is 10.9. The Morgan fingerprint density at radius 2 is 1.75 bits per heavy atom. The van der Waals surface area contributed by atoms with Gasteiger partial charge in [-0.2, -0.15) is 0 Å². The van der Waals surface area contributed by atoms with Crippen molar-refractivity contribution in [1.82, 2.24) is 4.57 Å². The lowest BCUT2D eigenvalue weighted by molar-refractivity contribution is 0.0549. The predicted octanol–water partition coefficient (Wildman–Crippen LogP) is 3.75. The number of nitrogens with zero attached hydrogens (tertiary/aromatic N) is 1. The summed E-state index contributed by atoms with van der Waals surface area (Å²) in [4.78, 5) is 25.1. The third-order valence-corrected chi connectivity index (χ3v) is 5.35. The zero-order chi connectivity index (χ0) is 19.8. The second-order valence-corrected chi connectivity index (χ2v) is 6.96. The van der Waals surface area contributed by atoms with Crippen molar-refractivity contribution < 1.29 is 28.5 Å². The largest absolute Gasteiger partial charge is 0.465 e. The maximum atomic E-state index is 12.6. The van der Waals surface area contributed by atoms with Crippen LogP contribution in [0.1, 0.15) is 26.4 Å². The number of carbonyl (C=O) groups is 2. The number of para-hydroxylation sites is 1. The number of fused-ring (bicyclic) bond motifs is 2. The number of hydrogen-bond acceptors (Lipinski definition) is 6. The lowest BCUT2D eigenvalue weighted by Crippen LogP contribution is -2.16. The normalized spacial score (nSPS) is 12.2. The fourth-order valence-electron chi connectivity index (χ4n) is 3.34. The Bertz CT molecular complexity index is 1100. The molecule has 3 aromatic rings. The fraction of sp³-hybridized carbons (Fsp3) is 0.200. The number of aromatic nitrogens is 1. The predicted molar refractivity (Wildman–Crippen MR) is 104 cm³/mol. The first-order valence-corrected chi connectivity index (χ1v) is 9.20. The number of methoxy groups -OCH3 is 2. The Balaban J connectivity index is 1.94. The SMILES string of the molecule is COC(=O)c1c(C(=O)OC)n(Cc2cc3c(cc2Br)OCO3)c2ccccc12. The van der Waals surface area contributed by atoms with Gasteiger partial charge in [0.25, 0.3) is 0 Å². The fourth-order valence-corrected chi connectivity index (χ4v) is 3.78. The molecule has 8 heteroatoms. The van der Waals surface area contributed by atoms with Crippen molar-refractivity contribution in [2.24, 2.45) is 0 Å². The third kappa shape index (κ3) is 2.90. The number of hydrogen-bond donors (Lipinski definition) is 0. The first-order valence-electron chi connectivity index (χ1n) is 8.41. The molecule has 0 bridgehead atoms. The van der Waals surface area contributed by atoms with Crippen LogP contribution in [-0.4, -0.2) is 37.5 Å². The van der Waals surface area contributed by atoms with Crippen LogP contribution in [0.4, 0.5) is 0 Å². The van der Waals surface area contributed by atoms with Gasteiger partial charge < -0.3 is 23.5 Å². The highest BCUT2D eigenvalue weighted by molar-refractivity contribution is 9.10. The monoisotopic (exact) mass is 445 g/mol. The third-order valence-electron chi connectivity index (χ3n) is 4.61. The van der Waals surface area contributed by atoms with Crippen LogP contribution in [-0.2, 0) is 16.0 Å². The Morgan fingerprint density at radius 3 is 2.46 bits per heavy atom. The van der Waals surface area contributed by atoms with Crippen LogP contribution < -0.4 is 9.47 Å². The maximum absolute atomic E-state index is 12.6. The van der Waals surface area contributed by atoms with Crippen LogP contribution in [0.2, 0.25) is 0 Å². The Labute approximate surface area is 168 Å². The van der Waals surface area contributed by atoms with E-state index in [0.717, 1.165) is 10.0 Å². The molecule has 1 aromatic heterocycles. The molecular formula is C20H16BrNO6. The number of rotatable bonds is 4. The minimum absolute atomic E-state index is 0.139. The highest BCUT2D eigenvalue weighted by atomic mass is 79.9. The van der Waals surface area contributed by atoms with E-state index in [-0.39, 0.29) is 18.1 Å². The summed E-state index contributed by atoms with van der Waals surface area (Å²) in [7, 11) is 2.56. The maximum Gasteiger partial charge on any atom is 0.355 e. The van der Waals surface area contributed by atoms with Crippen LogP contribution in [0, 0.1) is 0 Å². The van der Waals surface area contributed by atoms with E-state index in [4.69, 9.17) is 18.9 Å². The van der Waals surface area contributed by atoms with Crippen LogP contribution in [0.15, 0.2) is 40.9 Å². The van der Waals surface area contributed by atoms with Gasteiger partial charge in [0, 0.05) is 21.9 Å². The number of halogens is 1. The quantitative estimate of drug-likeness (QED) is 0.569. The molecule has 1 aliphatic heterocycles. The van der Waals surface area contributed by atoms with E-state index in [0.29, 0.717) is 28.9 Å². The van der Waals surface area contributed by atoms with Gasteiger partial charge >= 0.3 is 11.9 Å². The van der Waals surface area contributed by atoms with Crippen LogP contribution in [0.3, 0.4) is 0 Å². The first kappa shape index (κ1) is 18.4. The summed E-state index contributed by atoms with van der Waals surface area (Å²) in [5.41, 5.74) is 1.89. The van der Waals surface area contributed by atoms with Gasteiger partial charge in [-0.25, -0.2) is 9.59 Å². The highest BCUT2D eigenvalue weighted by Gasteiger charge is 2.29. The average molecular weight is 446 g/mol. The van der Waals surface area contributed by atoms with Gasteiger partial charge in [0.15, 0.2) is 11.5 Å². The van der Waals surface area contributed by atoms with Crippen molar-refractivity contribution in [2.45, 2.75) is 6.54 Å². The van der Waals surface area contributed by atoms with E-state index in [1.807, 2.05) is 24.3 Å². The minimum atomic E-state index is -0.617. The van der Waals surface area contributed by atoms with Gasteiger partial charge in [0.2, 0.25) is 6.79 Å². The standard InChI is InChI=1S/C20H16BrNO6/c1-25-19(23)17-12-5-3-4-6-14(12)22(18(17)20(24)26-2)9-11-7-15-16(8-13(11)21)28-10-27-15/h3-8H,9-10H2,1-2H3. The Hall–Kier alpha value is -3.00. The number of carbonyl (C=O) groups excluding carboxylic acids is 2. The number of ether oxygens (including phenoxy) is 4. The molecule has 0 N–H and O–H groups in total. The van der Waals surface area contributed by atoms with Gasteiger partial charge in [-0.3, -0.25) is 0 Å². The molecule has 7 nitrogen and oxygen atoms in total. The van der Waals surface area contributed by atoms with E-state index >= 15 is 0 Å². The van der Waals surface area contributed by atoms with Crippen molar-refractivity contribution in [3.05, 3.63) is 57.7 Å². The van der Waals surface area contributed by atoms with Gasteiger partial charge in [-0.1, -0.05) is 34.1 Å². The van der Waals surface area contributed by atoms with Crippen LogP contribution >= 0.6 is 15.9 Å². The van der Waals surface area contributed by atoms with E-state index < -0.39 is 11.9 Å². The van der Waals surface area contributed by atoms with Crippen LogP contribution in [0.5, 0.6) is 11.5 Å². The molecule has 2 heterocycles. The molecule has 0 aliphatic carbocycles. The van der Waals surface area contributed by atoms with E-state index in [2.05, 4.69) is 15.9 Å². The molecule has 1 aliphatic rings. The zero-order valence-corrected chi connectivity index (χ0v) is 16.7. The molecule has 0 saturated heterocycles. The van der Waals surface area contributed by atoms with E-state index in [1.165, 1.54) is 14.2 Å². The van der Waals surface area contributed by atoms with Crippen molar-refractivity contribution in [1.29, 1.82) is 0 Å². The lowest BCUT2D eigenvalue weighted by atomic mass is 10.1. The molecule has 144 valence electrons. The van der Waals surface area contributed by atoms with Crippen molar-refractivity contribution >= 4 is 38.8 Å². The highest BCUT2D eigenvalue weighted by Crippen LogP contribution is 2.38. The van der Waals surface area contributed by atoms with Crippen molar-refractivity contribution in [2.75, 3.05) is 21.0 Å². The second-order valence-electron chi connectivity index (χ2n) is 6.11. The summed E-state index contributed by atoms with van der Waals surface area (Å²) >= 11 is 3.54. The first-order chi connectivity index (χ1) is 13.5. The molecule has 0 unspecified atom stereocenters.